The predicted octanol–water partition coefficient (Wildman–Crippen LogP) is 1.35. The highest BCUT2D eigenvalue weighted by atomic mass is 16.2. The number of aromatic amines is 1. The van der Waals surface area contributed by atoms with Crippen molar-refractivity contribution in [2.24, 2.45) is 0 Å². The fraction of sp³-hybridized carbons (Fsp3) is 0.350. The molecule has 2 N–H and O–H groups in total. The Balaban J connectivity index is 1.48. The number of hydrogen-bond acceptors (Lipinski definition) is 3. The van der Waals surface area contributed by atoms with Gasteiger partial charge in [-0.05, 0) is 32.0 Å². The van der Waals surface area contributed by atoms with E-state index in [2.05, 4.69) is 10.3 Å². The van der Waals surface area contributed by atoms with Crippen molar-refractivity contribution in [3.63, 3.8) is 0 Å². The molecule has 0 unspecified atom stereocenters. The molecule has 1 aliphatic heterocycles. The lowest BCUT2D eigenvalue weighted by molar-refractivity contribution is -0.131. The molecule has 0 aliphatic carbocycles. The lowest BCUT2D eigenvalue weighted by atomic mass is 10.2. The molecule has 1 fully saturated rings. The predicted molar refractivity (Wildman–Crippen MR) is 102 cm³/mol. The monoisotopic (exact) mass is 368 g/mol. The molecule has 1 aliphatic rings. The summed E-state index contributed by atoms with van der Waals surface area (Å²) in [5, 5.41) is 2.65. The Bertz CT molecular complexity index is 836. The number of H-pyrrole nitrogens is 1. The summed E-state index contributed by atoms with van der Waals surface area (Å²) in [5.41, 5.74) is 3.03. The first-order valence-electron chi connectivity index (χ1n) is 9.02. The van der Waals surface area contributed by atoms with Gasteiger partial charge in [0, 0.05) is 43.1 Å². The van der Waals surface area contributed by atoms with Gasteiger partial charge in [0.05, 0.1) is 12.1 Å². The molecule has 7 heteroatoms. The average Bonchev–Trinajstić information content (AvgIpc) is 3.04. The zero-order valence-corrected chi connectivity index (χ0v) is 15.6. The lowest BCUT2D eigenvalue weighted by Gasteiger charge is -2.34. The first kappa shape index (κ1) is 18.7. The highest BCUT2D eigenvalue weighted by Crippen LogP contribution is 2.14. The van der Waals surface area contributed by atoms with E-state index >= 15 is 0 Å². The molecule has 0 saturated carbocycles. The van der Waals surface area contributed by atoms with Crippen LogP contribution in [0.5, 0.6) is 0 Å². The fourth-order valence-electron chi connectivity index (χ4n) is 3.23. The van der Waals surface area contributed by atoms with Crippen LogP contribution in [0.25, 0.3) is 0 Å². The minimum atomic E-state index is -0.268. The zero-order chi connectivity index (χ0) is 19.4. The van der Waals surface area contributed by atoms with Gasteiger partial charge in [-0.15, -0.1) is 0 Å². The van der Waals surface area contributed by atoms with Crippen LogP contribution in [0.1, 0.15) is 32.1 Å². The van der Waals surface area contributed by atoms with Crippen molar-refractivity contribution in [3.8, 4) is 0 Å². The summed E-state index contributed by atoms with van der Waals surface area (Å²) in [7, 11) is 0. The fourth-order valence-corrected chi connectivity index (χ4v) is 3.23. The molecule has 27 heavy (non-hydrogen) atoms. The molecule has 2 aromatic rings. The summed E-state index contributed by atoms with van der Waals surface area (Å²) >= 11 is 0. The molecule has 0 spiro atoms. The number of rotatable bonds is 4. The second-order valence-electron chi connectivity index (χ2n) is 6.71. The van der Waals surface area contributed by atoms with E-state index in [1.165, 1.54) is 0 Å². The molecule has 1 aromatic carbocycles. The van der Waals surface area contributed by atoms with E-state index in [1.807, 2.05) is 26.0 Å². The molecule has 3 rings (SSSR count). The number of piperazine rings is 1. The van der Waals surface area contributed by atoms with Crippen LogP contribution in [-0.4, -0.2) is 65.2 Å². The SMILES string of the molecule is Cc1cc(C(=O)N2CCN(C(=O)CNC(=O)c3ccccc3)CC2)c(C)[nH]1. The van der Waals surface area contributed by atoms with Gasteiger partial charge in [0.15, 0.2) is 0 Å². The topological polar surface area (TPSA) is 85.5 Å². The van der Waals surface area contributed by atoms with Gasteiger partial charge in [-0.1, -0.05) is 18.2 Å². The van der Waals surface area contributed by atoms with Crippen molar-refractivity contribution in [1.82, 2.24) is 20.1 Å². The highest BCUT2D eigenvalue weighted by Gasteiger charge is 2.26. The van der Waals surface area contributed by atoms with Gasteiger partial charge in [0.25, 0.3) is 11.8 Å². The van der Waals surface area contributed by atoms with E-state index in [9.17, 15) is 14.4 Å². The molecule has 3 amide bonds. The molecular formula is C20H24N4O3. The molecule has 1 saturated heterocycles. The van der Waals surface area contributed by atoms with Crippen LogP contribution >= 0.6 is 0 Å². The Morgan fingerprint density at radius 1 is 1.00 bits per heavy atom. The van der Waals surface area contributed by atoms with Crippen LogP contribution in [0.4, 0.5) is 0 Å². The standard InChI is InChI=1S/C20H24N4O3/c1-14-12-17(15(2)22-14)20(27)24-10-8-23(9-11-24)18(25)13-21-19(26)16-6-4-3-5-7-16/h3-7,12,22H,8-11,13H2,1-2H3,(H,21,26). The number of carbonyl (C=O) groups excluding carboxylic acids is 3. The minimum absolute atomic E-state index is 0.0127. The third-order valence-corrected chi connectivity index (χ3v) is 4.74. The van der Waals surface area contributed by atoms with Gasteiger partial charge in [-0.2, -0.15) is 0 Å². The number of benzene rings is 1. The van der Waals surface area contributed by atoms with Crippen LogP contribution in [0.15, 0.2) is 36.4 Å². The van der Waals surface area contributed by atoms with E-state index in [4.69, 9.17) is 0 Å². The Morgan fingerprint density at radius 3 is 2.22 bits per heavy atom. The highest BCUT2D eigenvalue weighted by molar-refractivity contribution is 5.97. The van der Waals surface area contributed by atoms with Crippen LogP contribution in [0, 0.1) is 13.8 Å². The Morgan fingerprint density at radius 2 is 1.63 bits per heavy atom. The number of nitrogens with one attached hydrogen (secondary N) is 2. The summed E-state index contributed by atoms with van der Waals surface area (Å²) in [6.45, 7) is 5.67. The molecule has 0 atom stereocenters. The third-order valence-electron chi connectivity index (χ3n) is 4.74. The van der Waals surface area contributed by atoms with Crippen molar-refractivity contribution in [2.75, 3.05) is 32.7 Å². The van der Waals surface area contributed by atoms with E-state index < -0.39 is 0 Å². The number of aryl methyl sites for hydroxylation is 2. The number of aromatic nitrogens is 1. The number of carbonyl (C=O) groups is 3. The molecule has 1 aromatic heterocycles. The van der Waals surface area contributed by atoms with Crippen molar-refractivity contribution in [3.05, 3.63) is 58.9 Å². The summed E-state index contributed by atoms with van der Waals surface area (Å²) in [6.07, 6.45) is 0. The molecule has 2 heterocycles. The van der Waals surface area contributed by atoms with E-state index in [1.54, 1.807) is 34.1 Å². The summed E-state index contributed by atoms with van der Waals surface area (Å²) in [6, 6.07) is 10.7. The van der Waals surface area contributed by atoms with E-state index in [0.717, 1.165) is 11.4 Å². The third kappa shape index (κ3) is 4.36. The van der Waals surface area contributed by atoms with Crippen LogP contribution in [0.2, 0.25) is 0 Å². The maximum atomic E-state index is 12.6. The van der Waals surface area contributed by atoms with Crippen molar-refractivity contribution >= 4 is 17.7 Å². The second kappa shape index (κ2) is 8.07. The molecule has 142 valence electrons. The minimum Gasteiger partial charge on any atom is -0.362 e. The maximum Gasteiger partial charge on any atom is 0.255 e. The van der Waals surface area contributed by atoms with Crippen molar-refractivity contribution in [2.45, 2.75) is 13.8 Å². The Kier molecular flexibility index (Phi) is 5.59. The van der Waals surface area contributed by atoms with Gasteiger partial charge in [0.1, 0.15) is 0 Å². The molecular weight excluding hydrogens is 344 g/mol. The van der Waals surface area contributed by atoms with Gasteiger partial charge < -0.3 is 20.1 Å². The first-order valence-corrected chi connectivity index (χ1v) is 9.02. The Hall–Kier alpha value is -3.09. The van der Waals surface area contributed by atoms with Gasteiger partial charge in [-0.25, -0.2) is 0 Å². The smallest absolute Gasteiger partial charge is 0.255 e. The maximum absolute atomic E-state index is 12.6. The summed E-state index contributed by atoms with van der Waals surface area (Å²) < 4.78 is 0. The lowest BCUT2D eigenvalue weighted by Crippen LogP contribution is -2.52. The van der Waals surface area contributed by atoms with Crippen LogP contribution in [-0.2, 0) is 4.79 Å². The van der Waals surface area contributed by atoms with E-state index in [0.29, 0.717) is 37.3 Å². The number of nitrogens with zero attached hydrogens (tertiary/aromatic N) is 2. The molecule has 7 nitrogen and oxygen atoms in total. The van der Waals surface area contributed by atoms with Gasteiger partial charge in [0.2, 0.25) is 5.91 Å². The number of hydrogen-bond donors (Lipinski definition) is 2. The normalized spacial score (nSPS) is 14.1. The van der Waals surface area contributed by atoms with Gasteiger partial charge >= 0.3 is 0 Å². The van der Waals surface area contributed by atoms with Crippen LogP contribution in [0.3, 0.4) is 0 Å². The number of amides is 3. The Labute approximate surface area is 158 Å². The van der Waals surface area contributed by atoms with Gasteiger partial charge in [-0.3, -0.25) is 14.4 Å². The van der Waals surface area contributed by atoms with Crippen LogP contribution < -0.4 is 5.32 Å². The summed E-state index contributed by atoms with van der Waals surface area (Å²) in [5.74, 6) is -0.419. The molecule has 0 radical (unpaired) electrons. The van der Waals surface area contributed by atoms with E-state index in [-0.39, 0.29) is 24.3 Å². The zero-order valence-electron chi connectivity index (χ0n) is 15.6. The first-order chi connectivity index (χ1) is 13.0. The van der Waals surface area contributed by atoms with Crippen molar-refractivity contribution in [1.29, 1.82) is 0 Å². The summed E-state index contributed by atoms with van der Waals surface area (Å²) in [4.78, 5) is 43.6. The molecule has 0 bridgehead atoms. The largest absolute Gasteiger partial charge is 0.362 e. The average molecular weight is 368 g/mol. The quantitative estimate of drug-likeness (QED) is 0.854. The second-order valence-corrected chi connectivity index (χ2v) is 6.71. The van der Waals surface area contributed by atoms with Crippen molar-refractivity contribution < 1.29 is 14.4 Å².